The lowest BCUT2D eigenvalue weighted by Crippen LogP contribution is -2.25. The fourth-order valence-electron chi connectivity index (χ4n) is 1.89. The molecule has 0 fully saturated rings. The highest BCUT2D eigenvalue weighted by Gasteiger charge is 2.25. The van der Waals surface area contributed by atoms with Crippen molar-refractivity contribution in [3.8, 4) is 11.5 Å². The number of ether oxygens (including phenoxy) is 1. The van der Waals surface area contributed by atoms with Crippen LogP contribution >= 0.6 is 0 Å². The van der Waals surface area contributed by atoms with Crippen molar-refractivity contribution < 1.29 is 28.9 Å². The quantitative estimate of drug-likeness (QED) is 0.802. The summed E-state index contributed by atoms with van der Waals surface area (Å²) in [5.41, 5.74) is 0.523. The Labute approximate surface area is 125 Å². The molecule has 0 bridgehead atoms. The van der Waals surface area contributed by atoms with E-state index in [-0.39, 0.29) is 12.2 Å². The SMILES string of the molecule is O=C(O)C(Cc1cccc(Oc2ccc(F)cc2)c1)C(=O)O. The second kappa shape index (κ2) is 6.71. The van der Waals surface area contributed by atoms with Crippen molar-refractivity contribution in [3.05, 3.63) is 59.9 Å². The highest BCUT2D eigenvalue weighted by molar-refractivity contribution is 5.93. The first kappa shape index (κ1) is 15.5. The van der Waals surface area contributed by atoms with Gasteiger partial charge in [0.1, 0.15) is 17.3 Å². The van der Waals surface area contributed by atoms with Crippen LogP contribution in [0.4, 0.5) is 4.39 Å². The molecule has 0 amide bonds. The minimum atomic E-state index is -1.51. The highest BCUT2D eigenvalue weighted by Crippen LogP contribution is 2.23. The fraction of sp³-hybridized carbons (Fsp3) is 0.125. The van der Waals surface area contributed by atoms with Gasteiger partial charge < -0.3 is 14.9 Å². The first-order valence-corrected chi connectivity index (χ1v) is 6.43. The van der Waals surface area contributed by atoms with E-state index in [4.69, 9.17) is 14.9 Å². The van der Waals surface area contributed by atoms with Crippen LogP contribution in [0.15, 0.2) is 48.5 Å². The molecule has 114 valence electrons. The molecule has 2 aromatic rings. The smallest absolute Gasteiger partial charge is 0.318 e. The molecule has 0 saturated carbocycles. The number of carbonyl (C=O) groups is 2. The zero-order valence-electron chi connectivity index (χ0n) is 11.4. The number of benzene rings is 2. The Morgan fingerprint density at radius 3 is 2.23 bits per heavy atom. The predicted molar refractivity (Wildman–Crippen MR) is 75.4 cm³/mol. The van der Waals surface area contributed by atoms with Crippen LogP contribution in [0, 0.1) is 11.7 Å². The Morgan fingerprint density at radius 2 is 1.64 bits per heavy atom. The van der Waals surface area contributed by atoms with Gasteiger partial charge >= 0.3 is 11.9 Å². The molecule has 0 saturated heterocycles. The number of carboxylic acids is 2. The van der Waals surface area contributed by atoms with Crippen molar-refractivity contribution >= 4 is 11.9 Å². The van der Waals surface area contributed by atoms with Gasteiger partial charge in [0.2, 0.25) is 0 Å². The number of carboxylic acid groups (broad SMARTS) is 2. The lowest BCUT2D eigenvalue weighted by Gasteiger charge is -2.10. The van der Waals surface area contributed by atoms with Crippen LogP contribution in [0.5, 0.6) is 11.5 Å². The van der Waals surface area contributed by atoms with E-state index in [1.54, 1.807) is 24.3 Å². The third kappa shape index (κ3) is 4.05. The normalized spacial score (nSPS) is 10.5. The molecule has 0 aliphatic heterocycles. The van der Waals surface area contributed by atoms with E-state index < -0.39 is 17.9 Å². The summed E-state index contributed by atoms with van der Waals surface area (Å²) in [5, 5.41) is 17.8. The number of halogens is 1. The molecule has 5 nitrogen and oxygen atoms in total. The van der Waals surface area contributed by atoms with Crippen LogP contribution in [-0.4, -0.2) is 22.2 Å². The van der Waals surface area contributed by atoms with Crippen molar-refractivity contribution in [3.63, 3.8) is 0 Å². The van der Waals surface area contributed by atoms with Crippen LogP contribution in [0.1, 0.15) is 5.56 Å². The molecular weight excluding hydrogens is 291 g/mol. The summed E-state index contributed by atoms with van der Waals surface area (Å²) in [5.74, 6) is -3.84. The van der Waals surface area contributed by atoms with Crippen molar-refractivity contribution in [2.24, 2.45) is 5.92 Å². The molecule has 22 heavy (non-hydrogen) atoms. The van der Waals surface area contributed by atoms with E-state index >= 15 is 0 Å². The van der Waals surface area contributed by atoms with Crippen LogP contribution < -0.4 is 4.74 Å². The van der Waals surface area contributed by atoms with Gasteiger partial charge in [-0.05, 0) is 48.4 Å². The van der Waals surface area contributed by atoms with E-state index in [0.29, 0.717) is 17.1 Å². The monoisotopic (exact) mass is 304 g/mol. The van der Waals surface area contributed by atoms with Crippen LogP contribution in [0.3, 0.4) is 0 Å². The third-order valence-corrected chi connectivity index (χ3v) is 2.98. The molecule has 0 unspecified atom stereocenters. The maximum absolute atomic E-state index is 12.8. The highest BCUT2D eigenvalue weighted by atomic mass is 19.1. The van der Waals surface area contributed by atoms with Crippen LogP contribution in [-0.2, 0) is 16.0 Å². The Balaban J connectivity index is 2.14. The third-order valence-electron chi connectivity index (χ3n) is 2.98. The first-order valence-electron chi connectivity index (χ1n) is 6.43. The summed E-state index contributed by atoms with van der Waals surface area (Å²) in [6.45, 7) is 0. The molecule has 2 aromatic carbocycles. The summed E-state index contributed by atoms with van der Waals surface area (Å²) in [4.78, 5) is 21.8. The first-order chi connectivity index (χ1) is 10.5. The summed E-state index contributed by atoms with van der Waals surface area (Å²) in [7, 11) is 0. The van der Waals surface area contributed by atoms with Gasteiger partial charge in [0.25, 0.3) is 0 Å². The van der Waals surface area contributed by atoms with Gasteiger partial charge in [0, 0.05) is 0 Å². The number of hydrogen-bond acceptors (Lipinski definition) is 3. The molecule has 0 aliphatic carbocycles. The molecule has 0 aliphatic rings. The van der Waals surface area contributed by atoms with Gasteiger partial charge in [-0.1, -0.05) is 12.1 Å². The zero-order chi connectivity index (χ0) is 16.1. The van der Waals surface area contributed by atoms with Crippen molar-refractivity contribution in [1.82, 2.24) is 0 Å². The summed E-state index contributed by atoms with van der Waals surface area (Å²) >= 11 is 0. The fourth-order valence-corrected chi connectivity index (χ4v) is 1.89. The van der Waals surface area contributed by atoms with Gasteiger partial charge in [-0.25, -0.2) is 4.39 Å². The minimum Gasteiger partial charge on any atom is -0.481 e. The van der Waals surface area contributed by atoms with Gasteiger partial charge in [-0.15, -0.1) is 0 Å². The largest absolute Gasteiger partial charge is 0.481 e. The standard InChI is InChI=1S/C16H13FO5/c17-11-4-6-12(7-5-11)22-13-3-1-2-10(8-13)9-14(15(18)19)16(20)21/h1-8,14H,9H2,(H,18,19)(H,20,21). The van der Waals surface area contributed by atoms with Crippen LogP contribution in [0.2, 0.25) is 0 Å². The predicted octanol–water partition coefficient (Wildman–Crippen LogP) is 2.95. The second-order valence-electron chi connectivity index (χ2n) is 4.64. The van der Waals surface area contributed by atoms with E-state index in [0.717, 1.165) is 0 Å². The maximum atomic E-state index is 12.8. The molecule has 2 N–H and O–H groups in total. The number of aliphatic carboxylic acids is 2. The average molecular weight is 304 g/mol. The summed E-state index contributed by atoms with van der Waals surface area (Å²) in [6.07, 6.45) is -0.148. The lowest BCUT2D eigenvalue weighted by molar-refractivity contribution is -0.154. The van der Waals surface area contributed by atoms with E-state index in [1.165, 1.54) is 24.3 Å². The van der Waals surface area contributed by atoms with Gasteiger partial charge in [0.15, 0.2) is 5.92 Å². The topological polar surface area (TPSA) is 83.8 Å². The minimum absolute atomic E-state index is 0.148. The van der Waals surface area contributed by atoms with Gasteiger partial charge in [-0.3, -0.25) is 9.59 Å². The molecule has 0 aromatic heterocycles. The molecule has 0 heterocycles. The lowest BCUT2D eigenvalue weighted by atomic mass is 9.99. The Kier molecular flexibility index (Phi) is 4.73. The number of rotatable bonds is 6. The average Bonchev–Trinajstić information content (AvgIpc) is 2.47. The summed E-state index contributed by atoms with van der Waals surface area (Å²) < 4.78 is 18.3. The van der Waals surface area contributed by atoms with Crippen molar-refractivity contribution in [2.45, 2.75) is 6.42 Å². The number of hydrogen-bond donors (Lipinski definition) is 2. The molecule has 6 heteroatoms. The van der Waals surface area contributed by atoms with Gasteiger partial charge in [0.05, 0.1) is 0 Å². The summed E-state index contributed by atoms with van der Waals surface area (Å²) in [6, 6.07) is 11.9. The zero-order valence-corrected chi connectivity index (χ0v) is 11.4. The molecule has 2 rings (SSSR count). The molecule has 0 radical (unpaired) electrons. The van der Waals surface area contributed by atoms with Crippen LogP contribution in [0.25, 0.3) is 0 Å². The maximum Gasteiger partial charge on any atom is 0.318 e. The van der Waals surface area contributed by atoms with E-state index in [1.807, 2.05) is 0 Å². The Bertz CT molecular complexity index is 667. The van der Waals surface area contributed by atoms with E-state index in [2.05, 4.69) is 0 Å². The molecule has 0 spiro atoms. The van der Waals surface area contributed by atoms with E-state index in [9.17, 15) is 14.0 Å². The Hall–Kier alpha value is -2.89. The Morgan fingerprint density at radius 1 is 1.00 bits per heavy atom. The van der Waals surface area contributed by atoms with Crippen molar-refractivity contribution in [1.29, 1.82) is 0 Å². The van der Waals surface area contributed by atoms with Gasteiger partial charge in [-0.2, -0.15) is 0 Å². The second-order valence-corrected chi connectivity index (χ2v) is 4.64. The van der Waals surface area contributed by atoms with Crippen molar-refractivity contribution in [2.75, 3.05) is 0 Å². The molecule has 0 atom stereocenters. The molecular formula is C16H13FO5.